The van der Waals surface area contributed by atoms with Gasteiger partial charge in [-0.15, -0.1) is 11.3 Å². The van der Waals surface area contributed by atoms with Crippen molar-refractivity contribution >= 4 is 22.4 Å². The lowest BCUT2D eigenvalue weighted by atomic mass is 10.0. The van der Waals surface area contributed by atoms with Gasteiger partial charge in [0, 0.05) is 11.8 Å². The standard InChI is InChI=1S/C16H20N2O3S/c1-9(2)5-6-12-7-10(3)13(15(20)21-12)14(19)18-16-17-11(4)8-22-16/h7-9H,5-6H2,1-4H3,(H,17,18,19). The number of carbonyl (C=O) groups excluding carboxylic acids is 1. The summed E-state index contributed by atoms with van der Waals surface area (Å²) in [5, 5.41) is 4.95. The fourth-order valence-corrected chi connectivity index (χ4v) is 2.75. The zero-order valence-electron chi connectivity index (χ0n) is 13.2. The Morgan fingerprint density at radius 2 is 2.14 bits per heavy atom. The summed E-state index contributed by atoms with van der Waals surface area (Å²) < 4.78 is 5.27. The van der Waals surface area contributed by atoms with E-state index in [4.69, 9.17) is 4.42 Å². The van der Waals surface area contributed by atoms with Crippen molar-refractivity contribution in [1.29, 1.82) is 0 Å². The molecule has 0 aromatic carbocycles. The number of aromatic nitrogens is 1. The molecule has 0 aliphatic rings. The minimum atomic E-state index is -0.593. The van der Waals surface area contributed by atoms with Crippen molar-refractivity contribution in [3.05, 3.63) is 44.4 Å². The van der Waals surface area contributed by atoms with Gasteiger partial charge in [0.1, 0.15) is 11.3 Å². The molecule has 1 N–H and O–H groups in total. The van der Waals surface area contributed by atoms with E-state index in [1.807, 2.05) is 12.3 Å². The molecule has 1 amide bonds. The molecule has 0 bridgehead atoms. The van der Waals surface area contributed by atoms with Crippen LogP contribution in [0.5, 0.6) is 0 Å². The minimum absolute atomic E-state index is 0.0427. The average Bonchev–Trinajstić information content (AvgIpc) is 2.81. The molecule has 2 aromatic heterocycles. The normalized spacial score (nSPS) is 11.0. The van der Waals surface area contributed by atoms with Gasteiger partial charge < -0.3 is 4.42 Å². The van der Waals surface area contributed by atoms with E-state index in [2.05, 4.69) is 24.1 Å². The first-order chi connectivity index (χ1) is 10.4. The van der Waals surface area contributed by atoms with Crippen LogP contribution in [-0.2, 0) is 6.42 Å². The largest absolute Gasteiger partial charge is 0.427 e. The lowest BCUT2D eigenvalue weighted by molar-refractivity contribution is 0.102. The summed E-state index contributed by atoms with van der Waals surface area (Å²) in [5.41, 5.74) is 0.902. The smallest absolute Gasteiger partial charge is 0.349 e. The van der Waals surface area contributed by atoms with Crippen molar-refractivity contribution in [2.24, 2.45) is 5.92 Å². The molecule has 6 heteroatoms. The first-order valence-electron chi connectivity index (χ1n) is 7.24. The van der Waals surface area contributed by atoms with Crippen LogP contribution in [0.25, 0.3) is 0 Å². The van der Waals surface area contributed by atoms with Gasteiger partial charge in [-0.2, -0.15) is 0 Å². The molecule has 0 saturated carbocycles. The lowest BCUT2D eigenvalue weighted by Gasteiger charge is -2.07. The van der Waals surface area contributed by atoms with Crippen molar-refractivity contribution in [1.82, 2.24) is 4.98 Å². The molecule has 0 aliphatic carbocycles. The molecular weight excluding hydrogens is 300 g/mol. The Morgan fingerprint density at radius 1 is 1.41 bits per heavy atom. The van der Waals surface area contributed by atoms with Crippen LogP contribution in [0.3, 0.4) is 0 Å². The second-order valence-electron chi connectivity index (χ2n) is 5.74. The van der Waals surface area contributed by atoms with E-state index in [0.717, 1.165) is 12.1 Å². The summed E-state index contributed by atoms with van der Waals surface area (Å²) in [4.78, 5) is 28.5. The average molecular weight is 320 g/mol. The number of aryl methyl sites for hydroxylation is 3. The molecule has 0 spiro atoms. The van der Waals surface area contributed by atoms with Gasteiger partial charge in [0.05, 0.1) is 5.69 Å². The third-order valence-electron chi connectivity index (χ3n) is 3.23. The Balaban J connectivity index is 2.20. The highest BCUT2D eigenvalue weighted by Gasteiger charge is 2.18. The number of rotatable bonds is 5. The van der Waals surface area contributed by atoms with Crippen molar-refractivity contribution in [2.45, 2.75) is 40.5 Å². The van der Waals surface area contributed by atoms with Gasteiger partial charge in [-0.05, 0) is 37.8 Å². The molecule has 5 nitrogen and oxygen atoms in total. The van der Waals surface area contributed by atoms with Crippen molar-refractivity contribution in [2.75, 3.05) is 5.32 Å². The second kappa shape index (κ2) is 6.87. The summed E-state index contributed by atoms with van der Waals surface area (Å²) in [5.74, 6) is 0.676. The highest BCUT2D eigenvalue weighted by atomic mass is 32.1. The Hall–Kier alpha value is -1.95. The molecule has 2 aromatic rings. The van der Waals surface area contributed by atoms with Gasteiger partial charge in [-0.25, -0.2) is 9.78 Å². The fraction of sp³-hybridized carbons (Fsp3) is 0.438. The molecule has 0 atom stereocenters. The maximum absolute atomic E-state index is 12.2. The topological polar surface area (TPSA) is 72.2 Å². The molecule has 2 rings (SSSR count). The minimum Gasteiger partial charge on any atom is -0.427 e. The number of thiazole rings is 1. The van der Waals surface area contributed by atoms with Crippen molar-refractivity contribution in [3.8, 4) is 0 Å². The van der Waals surface area contributed by atoms with Crippen LogP contribution in [0.15, 0.2) is 20.7 Å². The zero-order valence-corrected chi connectivity index (χ0v) is 14.0. The van der Waals surface area contributed by atoms with E-state index in [0.29, 0.717) is 28.8 Å². The Morgan fingerprint density at radius 3 is 2.68 bits per heavy atom. The lowest BCUT2D eigenvalue weighted by Crippen LogP contribution is -2.23. The number of nitrogens with one attached hydrogen (secondary N) is 1. The molecule has 0 fully saturated rings. The zero-order chi connectivity index (χ0) is 16.3. The van der Waals surface area contributed by atoms with E-state index in [1.54, 1.807) is 13.0 Å². The molecule has 0 radical (unpaired) electrons. The van der Waals surface area contributed by atoms with Gasteiger partial charge in [-0.3, -0.25) is 10.1 Å². The van der Waals surface area contributed by atoms with Crippen molar-refractivity contribution in [3.63, 3.8) is 0 Å². The van der Waals surface area contributed by atoms with Crippen LogP contribution in [0, 0.1) is 19.8 Å². The van der Waals surface area contributed by atoms with Gasteiger partial charge in [0.25, 0.3) is 5.91 Å². The molecular formula is C16H20N2O3S. The quantitative estimate of drug-likeness (QED) is 0.914. The monoisotopic (exact) mass is 320 g/mol. The number of carbonyl (C=O) groups is 1. The highest BCUT2D eigenvalue weighted by molar-refractivity contribution is 7.13. The number of nitrogens with zero attached hydrogens (tertiary/aromatic N) is 1. The van der Waals surface area contributed by atoms with Gasteiger partial charge in [0.15, 0.2) is 5.13 Å². The summed E-state index contributed by atoms with van der Waals surface area (Å²) in [7, 11) is 0. The van der Waals surface area contributed by atoms with Crippen LogP contribution in [0.1, 0.15) is 47.6 Å². The summed E-state index contributed by atoms with van der Waals surface area (Å²) in [6.07, 6.45) is 1.63. The number of anilines is 1. The third-order valence-corrected chi connectivity index (χ3v) is 4.11. The Bertz CT molecular complexity index is 731. The van der Waals surface area contributed by atoms with Crippen LogP contribution >= 0.6 is 11.3 Å². The Labute approximate surface area is 133 Å². The van der Waals surface area contributed by atoms with E-state index in [9.17, 15) is 9.59 Å². The summed E-state index contributed by atoms with van der Waals surface area (Å²) in [6, 6.07) is 1.77. The van der Waals surface area contributed by atoms with E-state index < -0.39 is 11.5 Å². The maximum Gasteiger partial charge on any atom is 0.349 e. The number of hydrogen-bond donors (Lipinski definition) is 1. The molecule has 118 valence electrons. The Kier molecular flexibility index (Phi) is 5.13. The fourth-order valence-electron chi connectivity index (χ4n) is 2.07. The van der Waals surface area contributed by atoms with Crippen LogP contribution in [0.2, 0.25) is 0 Å². The van der Waals surface area contributed by atoms with Gasteiger partial charge in [0.2, 0.25) is 0 Å². The van der Waals surface area contributed by atoms with Gasteiger partial charge >= 0.3 is 5.63 Å². The predicted octanol–water partition coefficient (Wildman–Crippen LogP) is 3.55. The summed E-state index contributed by atoms with van der Waals surface area (Å²) in [6.45, 7) is 7.82. The first-order valence-corrected chi connectivity index (χ1v) is 8.12. The molecule has 2 heterocycles. The van der Waals surface area contributed by atoms with Crippen LogP contribution < -0.4 is 10.9 Å². The molecule has 0 aliphatic heterocycles. The van der Waals surface area contributed by atoms with Crippen LogP contribution in [-0.4, -0.2) is 10.9 Å². The SMILES string of the molecule is Cc1csc(NC(=O)c2c(C)cc(CCC(C)C)oc2=O)n1. The van der Waals surface area contributed by atoms with E-state index in [-0.39, 0.29) is 5.56 Å². The molecule has 0 unspecified atom stereocenters. The maximum atomic E-state index is 12.2. The molecule has 22 heavy (non-hydrogen) atoms. The van der Waals surface area contributed by atoms with E-state index >= 15 is 0 Å². The third kappa shape index (κ3) is 4.04. The summed E-state index contributed by atoms with van der Waals surface area (Å²) >= 11 is 1.32. The molecule has 0 saturated heterocycles. The van der Waals surface area contributed by atoms with Crippen molar-refractivity contribution < 1.29 is 9.21 Å². The first kappa shape index (κ1) is 16.4. The van der Waals surface area contributed by atoms with Gasteiger partial charge in [-0.1, -0.05) is 13.8 Å². The van der Waals surface area contributed by atoms with Crippen LogP contribution in [0.4, 0.5) is 5.13 Å². The van der Waals surface area contributed by atoms with E-state index in [1.165, 1.54) is 11.3 Å². The number of amides is 1. The second-order valence-corrected chi connectivity index (χ2v) is 6.60. The highest BCUT2D eigenvalue weighted by Crippen LogP contribution is 2.17. The predicted molar refractivity (Wildman–Crippen MR) is 87.7 cm³/mol. The number of hydrogen-bond acceptors (Lipinski definition) is 5.